The molecule has 0 spiro atoms. The van der Waals surface area contributed by atoms with Crippen LogP contribution in [0.5, 0.6) is 0 Å². The van der Waals surface area contributed by atoms with E-state index in [0.717, 1.165) is 43.3 Å². The molecule has 0 bridgehead atoms. The first-order chi connectivity index (χ1) is 11.8. The summed E-state index contributed by atoms with van der Waals surface area (Å²) in [5.74, 6) is 1.30. The van der Waals surface area contributed by atoms with Gasteiger partial charge in [-0.15, -0.1) is 12.4 Å². The third kappa shape index (κ3) is 5.21. The van der Waals surface area contributed by atoms with Gasteiger partial charge in [0, 0.05) is 36.9 Å². The summed E-state index contributed by atoms with van der Waals surface area (Å²) in [6.45, 7) is 1.50. The number of aryl methyl sites for hydroxylation is 1. The van der Waals surface area contributed by atoms with E-state index in [1.807, 2.05) is 12.1 Å². The van der Waals surface area contributed by atoms with Crippen LogP contribution in [0, 0.1) is 0 Å². The van der Waals surface area contributed by atoms with Crippen molar-refractivity contribution in [2.75, 3.05) is 25.6 Å². The van der Waals surface area contributed by atoms with Gasteiger partial charge in [-0.05, 0) is 48.6 Å². The van der Waals surface area contributed by atoms with Gasteiger partial charge in [0.1, 0.15) is 5.84 Å². The van der Waals surface area contributed by atoms with Crippen molar-refractivity contribution >= 4 is 35.5 Å². The summed E-state index contributed by atoms with van der Waals surface area (Å²) in [5.41, 5.74) is 3.77. The van der Waals surface area contributed by atoms with Crippen molar-refractivity contribution in [3.05, 3.63) is 64.7 Å². The topological polar surface area (TPSA) is 33.6 Å². The quantitative estimate of drug-likeness (QED) is 0.712. The molecular weight excluding hydrogens is 355 g/mol. The first kappa shape index (κ1) is 19.8. The molecule has 0 saturated heterocycles. The maximum absolute atomic E-state index is 6.05. The molecule has 0 aliphatic carbocycles. The van der Waals surface area contributed by atoms with Crippen molar-refractivity contribution in [2.24, 2.45) is 4.99 Å². The third-order valence-corrected chi connectivity index (χ3v) is 4.63. The highest BCUT2D eigenvalue weighted by Crippen LogP contribution is 2.31. The van der Waals surface area contributed by atoms with E-state index < -0.39 is 0 Å². The average Bonchev–Trinajstić information content (AvgIpc) is 2.79. The SMILES string of the molecule is COCCCN=C1Nc2ccccc2CCC1c1ccc(Cl)cc1.Cl. The summed E-state index contributed by atoms with van der Waals surface area (Å²) in [5, 5.41) is 4.34. The maximum atomic E-state index is 6.05. The number of anilines is 1. The van der Waals surface area contributed by atoms with Crippen molar-refractivity contribution in [1.29, 1.82) is 0 Å². The lowest BCUT2D eigenvalue weighted by molar-refractivity contribution is 0.197. The van der Waals surface area contributed by atoms with Gasteiger partial charge < -0.3 is 10.1 Å². The van der Waals surface area contributed by atoms with Gasteiger partial charge in [0.25, 0.3) is 0 Å². The van der Waals surface area contributed by atoms with Crippen LogP contribution in [0.2, 0.25) is 5.02 Å². The minimum absolute atomic E-state index is 0. The zero-order valence-electron chi connectivity index (χ0n) is 14.4. The molecule has 134 valence electrons. The van der Waals surface area contributed by atoms with E-state index in [4.69, 9.17) is 21.3 Å². The van der Waals surface area contributed by atoms with Gasteiger partial charge in [-0.25, -0.2) is 0 Å². The normalized spacial score (nSPS) is 18.0. The van der Waals surface area contributed by atoms with Crippen LogP contribution in [0.3, 0.4) is 0 Å². The number of aliphatic imine (C=N–C) groups is 1. The molecule has 0 fully saturated rings. The Bertz CT molecular complexity index is 701. The molecule has 2 aromatic carbocycles. The number of para-hydroxylation sites is 1. The van der Waals surface area contributed by atoms with Crippen LogP contribution < -0.4 is 5.32 Å². The van der Waals surface area contributed by atoms with Crippen molar-refractivity contribution in [1.82, 2.24) is 0 Å². The summed E-state index contributed by atoms with van der Waals surface area (Å²) in [6.07, 6.45) is 3.00. The van der Waals surface area contributed by atoms with Crippen LogP contribution in [0.4, 0.5) is 5.69 Å². The Labute approximate surface area is 160 Å². The Balaban J connectivity index is 0.00000225. The van der Waals surface area contributed by atoms with E-state index in [9.17, 15) is 0 Å². The molecule has 1 aliphatic heterocycles. The summed E-state index contributed by atoms with van der Waals surface area (Å²) < 4.78 is 5.13. The van der Waals surface area contributed by atoms with Crippen LogP contribution in [-0.2, 0) is 11.2 Å². The second-order valence-electron chi connectivity index (χ2n) is 6.04. The number of hydrogen-bond acceptors (Lipinski definition) is 2. The number of hydrogen-bond donors (Lipinski definition) is 1. The largest absolute Gasteiger partial charge is 0.385 e. The van der Waals surface area contributed by atoms with Crippen molar-refractivity contribution in [3.63, 3.8) is 0 Å². The molecule has 0 amide bonds. The molecule has 1 unspecified atom stereocenters. The molecule has 1 atom stereocenters. The molecular formula is C20H24Cl2N2O. The summed E-state index contributed by atoms with van der Waals surface area (Å²) in [7, 11) is 1.73. The highest BCUT2D eigenvalue weighted by molar-refractivity contribution is 6.30. The minimum Gasteiger partial charge on any atom is -0.385 e. The molecule has 5 heteroatoms. The number of methoxy groups -OCH3 is 1. The molecule has 3 nitrogen and oxygen atoms in total. The Morgan fingerprint density at radius 2 is 1.92 bits per heavy atom. The lowest BCUT2D eigenvalue weighted by Gasteiger charge is -2.18. The fraction of sp³-hybridized carbons (Fsp3) is 0.350. The van der Waals surface area contributed by atoms with Gasteiger partial charge in [-0.3, -0.25) is 4.99 Å². The predicted molar refractivity (Wildman–Crippen MR) is 109 cm³/mol. The van der Waals surface area contributed by atoms with Crippen molar-refractivity contribution < 1.29 is 4.74 Å². The highest BCUT2D eigenvalue weighted by Gasteiger charge is 2.23. The molecule has 2 aromatic rings. The standard InChI is InChI=1S/C20H23ClN2O.ClH/c1-24-14-4-13-22-20-18(15-7-10-17(21)11-8-15)12-9-16-5-2-3-6-19(16)23-20;/h2-3,5-8,10-11,18H,4,9,12-14H2,1H3,(H,22,23);1H. The molecule has 1 aliphatic rings. The zero-order valence-corrected chi connectivity index (χ0v) is 15.9. The Hall–Kier alpha value is -1.55. The molecule has 0 saturated carbocycles. The zero-order chi connectivity index (χ0) is 16.8. The summed E-state index contributed by atoms with van der Waals surface area (Å²) in [6, 6.07) is 16.6. The number of rotatable bonds is 5. The first-order valence-electron chi connectivity index (χ1n) is 8.41. The first-order valence-corrected chi connectivity index (χ1v) is 8.79. The van der Waals surface area contributed by atoms with Crippen LogP contribution in [0.1, 0.15) is 29.9 Å². The number of amidine groups is 1. The molecule has 1 N–H and O–H groups in total. The number of benzene rings is 2. The van der Waals surface area contributed by atoms with Gasteiger partial charge in [0.15, 0.2) is 0 Å². The Kier molecular flexibility index (Phi) is 7.76. The van der Waals surface area contributed by atoms with Crippen LogP contribution in [0.15, 0.2) is 53.5 Å². The van der Waals surface area contributed by atoms with E-state index in [1.54, 1.807) is 7.11 Å². The summed E-state index contributed by atoms with van der Waals surface area (Å²) in [4.78, 5) is 4.85. The van der Waals surface area contributed by atoms with Crippen molar-refractivity contribution in [2.45, 2.75) is 25.2 Å². The fourth-order valence-corrected chi connectivity index (χ4v) is 3.23. The van der Waals surface area contributed by atoms with E-state index in [2.05, 4.69) is 41.7 Å². The number of ether oxygens (including phenoxy) is 1. The van der Waals surface area contributed by atoms with E-state index in [-0.39, 0.29) is 18.3 Å². The molecule has 3 rings (SSSR count). The van der Waals surface area contributed by atoms with Gasteiger partial charge in [0.2, 0.25) is 0 Å². The van der Waals surface area contributed by atoms with Gasteiger partial charge in [-0.1, -0.05) is 41.9 Å². The third-order valence-electron chi connectivity index (χ3n) is 4.37. The predicted octanol–water partition coefficient (Wildman–Crippen LogP) is 5.34. The molecule has 0 aromatic heterocycles. The lowest BCUT2D eigenvalue weighted by Crippen LogP contribution is -2.21. The molecule has 25 heavy (non-hydrogen) atoms. The number of nitrogens with zero attached hydrogens (tertiary/aromatic N) is 1. The summed E-state index contributed by atoms with van der Waals surface area (Å²) >= 11 is 6.05. The van der Waals surface area contributed by atoms with Crippen LogP contribution in [-0.4, -0.2) is 26.1 Å². The Morgan fingerprint density at radius 1 is 1.16 bits per heavy atom. The van der Waals surface area contributed by atoms with Crippen molar-refractivity contribution in [3.8, 4) is 0 Å². The maximum Gasteiger partial charge on any atom is 0.108 e. The molecule has 1 heterocycles. The van der Waals surface area contributed by atoms with E-state index in [1.165, 1.54) is 16.8 Å². The second kappa shape index (κ2) is 9.81. The number of fused-ring (bicyclic) bond motifs is 1. The van der Waals surface area contributed by atoms with Crippen LogP contribution in [0.25, 0.3) is 0 Å². The van der Waals surface area contributed by atoms with E-state index >= 15 is 0 Å². The second-order valence-corrected chi connectivity index (χ2v) is 6.47. The van der Waals surface area contributed by atoms with Gasteiger partial charge in [0.05, 0.1) is 0 Å². The minimum atomic E-state index is 0. The van der Waals surface area contributed by atoms with E-state index in [0.29, 0.717) is 0 Å². The highest BCUT2D eigenvalue weighted by atomic mass is 35.5. The van der Waals surface area contributed by atoms with Gasteiger partial charge >= 0.3 is 0 Å². The lowest BCUT2D eigenvalue weighted by atomic mass is 9.92. The number of halogens is 2. The Morgan fingerprint density at radius 3 is 2.68 bits per heavy atom. The average molecular weight is 379 g/mol. The van der Waals surface area contributed by atoms with Gasteiger partial charge in [-0.2, -0.15) is 0 Å². The smallest absolute Gasteiger partial charge is 0.108 e. The molecule has 0 radical (unpaired) electrons. The fourth-order valence-electron chi connectivity index (χ4n) is 3.10. The monoisotopic (exact) mass is 378 g/mol. The van der Waals surface area contributed by atoms with Crippen LogP contribution >= 0.6 is 24.0 Å². The number of nitrogens with one attached hydrogen (secondary N) is 1.